The summed E-state index contributed by atoms with van der Waals surface area (Å²) in [6.45, 7) is 1.44. The van der Waals surface area contributed by atoms with Crippen LogP contribution >= 0.6 is 0 Å². The highest BCUT2D eigenvalue weighted by Gasteiger charge is 2.18. The average molecular weight is 268 g/mol. The molecule has 1 saturated carbocycles. The zero-order valence-corrected chi connectivity index (χ0v) is 10.9. The largest absolute Gasteiger partial charge is 0.371 e. The van der Waals surface area contributed by atoms with Crippen molar-refractivity contribution in [1.29, 1.82) is 0 Å². The van der Waals surface area contributed by atoms with Crippen molar-refractivity contribution in [3.63, 3.8) is 0 Å². The quantitative estimate of drug-likeness (QED) is 0.881. The molecule has 0 atom stereocenters. The van der Waals surface area contributed by atoms with E-state index in [1.165, 1.54) is 12.1 Å². The van der Waals surface area contributed by atoms with E-state index in [0.717, 1.165) is 25.7 Å². The molecule has 1 aromatic carbocycles. The van der Waals surface area contributed by atoms with Crippen LogP contribution in [0.4, 0.5) is 14.5 Å². The van der Waals surface area contributed by atoms with Gasteiger partial charge in [0.15, 0.2) is 5.82 Å². The minimum atomic E-state index is -0.684. The van der Waals surface area contributed by atoms with E-state index in [1.54, 1.807) is 6.92 Å². The molecule has 0 radical (unpaired) electrons. The fraction of sp³-hybridized carbons (Fsp3) is 0.500. The van der Waals surface area contributed by atoms with Gasteiger partial charge >= 0.3 is 0 Å². The summed E-state index contributed by atoms with van der Waals surface area (Å²) < 4.78 is 27.1. The van der Waals surface area contributed by atoms with Crippen LogP contribution in [0.3, 0.4) is 0 Å². The molecule has 0 unspecified atom stereocenters. The fourth-order valence-electron chi connectivity index (χ4n) is 2.34. The van der Waals surface area contributed by atoms with E-state index in [-0.39, 0.29) is 24.2 Å². The molecule has 1 amide bonds. The van der Waals surface area contributed by atoms with Gasteiger partial charge in [0.2, 0.25) is 5.91 Å². The topological polar surface area (TPSA) is 41.1 Å². The average Bonchev–Trinajstić information content (AvgIpc) is 2.87. The molecule has 0 heterocycles. The lowest BCUT2D eigenvalue weighted by molar-refractivity contribution is -0.120. The van der Waals surface area contributed by atoms with Gasteiger partial charge in [-0.15, -0.1) is 0 Å². The van der Waals surface area contributed by atoms with Crippen LogP contribution in [0.5, 0.6) is 0 Å². The highest BCUT2D eigenvalue weighted by Crippen LogP contribution is 2.21. The molecule has 0 saturated heterocycles. The molecule has 5 heteroatoms. The molecule has 0 bridgehead atoms. The van der Waals surface area contributed by atoms with E-state index in [4.69, 9.17) is 0 Å². The normalized spacial score (nSPS) is 15.5. The van der Waals surface area contributed by atoms with E-state index < -0.39 is 11.6 Å². The van der Waals surface area contributed by atoms with Crippen molar-refractivity contribution < 1.29 is 13.6 Å². The van der Waals surface area contributed by atoms with Gasteiger partial charge in [-0.1, -0.05) is 18.9 Å². The van der Waals surface area contributed by atoms with Crippen LogP contribution in [0.2, 0.25) is 0 Å². The third-order valence-electron chi connectivity index (χ3n) is 3.43. The summed E-state index contributed by atoms with van der Waals surface area (Å²) in [7, 11) is 0. The van der Waals surface area contributed by atoms with Gasteiger partial charge in [-0.3, -0.25) is 4.79 Å². The van der Waals surface area contributed by atoms with Crippen LogP contribution in [0, 0.1) is 18.6 Å². The summed E-state index contributed by atoms with van der Waals surface area (Å²) in [5, 5.41) is 5.39. The van der Waals surface area contributed by atoms with Crippen molar-refractivity contribution >= 4 is 11.6 Å². The Balaban J connectivity index is 1.91. The number of rotatable bonds is 4. The highest BCUT2D eigenvalue weighted by molar-refractivity contribution is 5.81. The fourth-order valence-corrected chi connectivity index (χ4v) is 2.34. The van der Waals surface area contributed by atoms with Gasteiger partial charge in [-0.25, -0.2) is 8.78 Å². The van der Waals surface area contributed by atoms with Gasteiger partial charge in [0.1, 0.15) is 11.5 Å². The Morgan fingerprint density at radius 1 is 1.32 bits per heavy atom. The van der Waals surface area contributed by atoms with Gasteiger partial charge < -0.3 is 10.6 Å². The number of benzene rings is 1. The van der Waals surface area contributed by atoms with Crippen LogP contribution in [0.15, 0.2) is 12.1 Å². The molecule has 19 heavy (non-hydrogen) atoms. The van der Waals surface area contributed by atoms with Crippen LogP contribution in [0.1, 0.15) is 31.2 Å². The Hall–Kier alpha value is -1.65. The van der Waals surface area contributed by atoms with Crippen molar-refractivity contribution in [3.05, 3.63) is 29.3 Å². The molecule has 0 aliphatic heterocycles. The molecule has 104 valence electrons. The molecule has 1 fully saturated rings. The number of hydrogen-bond acceptors (Lipinski definition) is 2. The molecule has 0 spiro atoms. The first-order valence-corrected chi connectivity index (χ1v) is 6.56. The van der Waals surface area contributed by atoms with Crippen molar-refractivity contribution in [2.45, 2.75) is 38.6 Å². The number of halogens is 2. The highest BCUT2D eigenvalue weighted by atomic mass is 19.1. The first-order valence-electron chi connectivity index (χ1n) is 6.56. The van der Waals surface area contributed by atoms with E-state index in [0.29, 0.717) is 5.56 Å². The first-order chi connectivity index (χ1) is 9.08. The monoisotopic (exact) mass is 268 g/mol. The van der Waals surface area contributed by atoms with Gasteiger partial charge in [0.25, 0.3) is 0 Å². The van der Waals surface area contributed by atoms with Crippen molar-refractivity contribution in [3.8, 4) is 0 Å². The summed E-state index contributed by atoms with van der Waals surface area (Å²) in [4.78, 5) is 11.7. The molecule has 3 nitrogen and oxygen atoms in total. The molecule has 1 aliphatic carbocycles. The molecular formula is C14H18F2N2O. The number of anilines is 1. The lowest BCUT2D eigenvalue weighted by atomic mass is 10.2. The molecule has 2 N–H and O–H groups in total. The summed E-state index contributed by atoms with van der Waals surface area (Å²) in [5.41, 5.74) is 0.113. The van der Waals surface area contributed by atoms with E-state index in [9.17, 15) is 13.6 Å². The Bertz CT molecular complexity index is 471. The van der Waals surface area contributed by atoms with Crippen molar-refractivity contribution in [2.24, 2.45) is 0 Å². The second-order valence-electron chi connectivity index (χ2n) is 4.96. The Morgan fingerprint density at radius 3 is 2.68 bits per heavy atom. The van der Waals surface area contributed by atoms with Crippen molar-refractivity contribution in [2.75, 3.05) is 11.9 Å². The predicted molar refractivity (Wildman–Crippen MR) is 70.0 cm³/mol. The third kappa shape index (κ3) is 3.43. The SMILES string of the molecule is Cc1ccc(F)c(NCC(=O)NC2CCCC2)c1F. The second-order valence-corrected chi connectivity index (χ2v) is 4.96. The molecule has 1 aliphatic rings. The van der Waals surface area contributed by atoms with Crippen LogP contribution in [-0.2, 0) is 4.79 Å². The minimum absolute atomic E-state index is 0.117. The van der Waals surface area contributed by atoms with Crippen LogP contribution in [-0.4, -0.2) is 18.5 Å². The molecule has 0 aromatic heterocycles. The number of carbonyl (C=O) groups is 1. The zero-order chi connectivity index (χ0) is 13.8. The van der Waals surface area contributed by atoms with Crippen LogP contribution in [0.25, 0.3) is 0 Å². The summed E-state index contributed by atoms with van der Waals surface area (Å²) in [6, 6.07) is 2.77. The molecule has 1 aromatic rings. The summed E-state index contributed by atoms with van der Waals surface area (Å²) in [6.07, 6.45) is 4.22. The van der Waals surface area contributed by atoms with Crippen molar-refractivity contribution in [1.82, 2.24) is 5.32 Å². The Morgan fingerprint density at radius 2 is 2.00 bits per heavy atom. The number of hydrogen-bond donors (Lipinski definition) is 2. The van der Waals surface area contributed by atoms with Gasteiger partial charge in [-0.05, 0) is 31.4 Å². The smallest absolute Gasteiger partial charge is 0.239 e. The Kier molecular flexibility index (Phi) is 4.35. The minimum Gasteiger partial charge on any atom is -0.371 e. The van der Waals surface area contributed by atoms with Gasteiger partial charge in [0, 0.05) is 6.04 Å². The predicted octanol–water partition coefficient (Wildman–Crippen LogP) is 2.74. The summed E-state index contributed by atoms with van der Waals surface area (Å²) >= 11 is 0. The third-order valence-corrected chi connectivity index (χ3v) is 3.43. The van der Waals surface area contributed by atoms with Gasteiger partial charge in [0.05, 0.1) is 6.54 Å². The van der Waals surface area contributed by atoms with E-state index >= 15 is 0 Å². The second kappa shape index (κ2) is 5.99. The maximum atomic E-state index is 13.7. The van der Waals surface area contributed by atoms with Crippen LogP contribution < -0.4 is 10.6 Å². The summed E-state index contributed by atoms with van der Waals surface area (Å²) in [5.74, 6) is -1.56. The van der Waals surface area contributed by atoms with E-state index in [1.807, 2.05) is 0 Å². The maximum Gasteiger partial charge on any atom is 0.239 e. The van der Waals surface area contributed by atoms with E-state index in [2.05, 4.69) is 10.6 Å². The maximum absolute atomic E-state index is 13.7. The van der Waals surface area contributed by atoms with Gasteiger partial charge in [-0.2, -0.15) is 0 Å². The number of amides is 1. The number of aryl methyl sites for hydroxylation is 1. The number of carbonyl (C=O) groups excluding carboxylic acids is 1. The standard InChI is InChI=1S/C14H18F2N2O/c1-9-6-7-11(15)14(13(9)16)17-8-12(19)18-10-4-2-3-5-10/h6-7,10,17H,2-5,8H2,1H3,(H,18,19). The Labute approximate surface area is 111 Å². The lowest BCUT2D eigenvalue weighted by Crippen LogP contribution is -2.36. The zero-order valence-electron chi connectivity index (χ0n) is 10.9. The molecule has 2 rings (SSSR count). The molecular weight excluding hydrogens is 250 g/mol. The lowest BCUT2D eigenvalue weighted by Gasteiger charge is -2.14. The number of nitrogens with one attached hydrogen (secondary N) is 2. The first kappa shape index (κ1) is 13.8.